The number of rotatable bonds is 16. The minimum Gasteiger partial charge on any atom is -0.478 e. The Kier molecular flexibility index (Phi) is 11.6. The number of hydrogen-bond donors (Lipinski definition) is 2. The summed E-state index contributed by atoms with van der Waals surface area (Å²) in [6, 6.07) is 23.2. The summed E-state index contributed by atoms with van der Waals surface area (Å²) in [5, 5.41) is 20.8. The normalized spacial score (nSPS) is 12.7. The molecule has 0 aliphatic carbocycles. The van der Waals surface area contributed by atoms with E-state index in [9.17, 15) is 19.8 Å². The lowest BCUT2D eigenvalue weighted by Crippen LogP contribution is -2.16. The summed E-state index contributed by atoms with van der Waals surface area (Å²) >= 11 is 0. The second-order valence-electron chi connectivity index (χ2n) is 10.3. The quantitative estimate of drug-likeness (QED) is 0.187. The molecule has 0 aliphatic heterocycles. The van der Waals surface area contributed by atoms with Gasteiger partial charge >= 0.3 is 11.9 Å². The second kappa shape index (κ2) is 15.1. The van der Waals surface area contributed by atoms with Gasteiger partial charge in [-0.2, -0.15) is 0 Å². The lowest BCUT2D eigenvalue weighted by molar-refractivity contribution is 0.0678. The van der Waals surface area contributed by atoms with Gasteiger partial charge in [-0.1, -0.05) is 126 Å². The lowest BCUT2D eigenvalue weighted by Gasteiger charge is -2.25. The number of benzene rings is 3. The molecule has 0 amide bonds. The average molecular weight is 515 g/mol. The van der Waals surface area contributed by atoms with Gasteiger partial charge in [-0.15, -0.1) is 0 Å². The largest absolute Gasteiger partial charge is 0.478 e. The molecule has 3 aromatic carbocycles. The van der Waals surface area contributed by atoms with Crippen LogP contribution >= 0.6 is 0 Å². The van der Waals surface area contributed by atoms with Gasteiger partial charge in [0.25, 0.3) is 0 Å². The number of unbranched alkanes of at least 4 members (excludes halogenated alkanes) is 6. The molecule has 0 bridgehead atoms. The third-order valence-electron chi connectivity index (χ3n) is 7.53. The lowest BCUT2D eigenvalue weighted by atomic mass is 9.78. The van der Waals surface area contributed by atoms with Crippen molar-refractivity contribution in [2.75, 3.05) is 0 Å². The van der Waals surface area contributed by atoms with Crippen molar-refractivity contribution in [2.45, 2.75) is 89.9 Å². The molecule has 38 heavy (non-hydrogen) atoms. The molecule has 0 saturated carbocycles. The number of carbonyl (C=O) groups is 2. The van der Waals surface area contributed by atoms with Crippen LogP contribution in [-0.2, 0) is 0 Å². The zero-order valence-corrected chi connectivity index (χ0v) is 22.9. The molecule has 0 radical (unpaired) electrons. The predicted octanol–water partition coefficient (Wildman–Crippen LogP) is 9.29. The van der Waals surface area contributed by atoms with Gasteiger partial charge in [0.1, 0.15) is 0 Å². The molecule has 0 fully saturated rings. The highest BCUT2D eigenvalue weighted by Gasteiger charge is 2.28. The fraction of sp³-hybridized carbons (Fsp3) is 0.412. The van der Waals surface area contributed by atoms with Crippen LogP contribution in [0.1, 0.15) is 133 Å². The zero-order chi connectivity index (χ0) is 27.3. The Morgan fingerprint density at radius 2 is 0.947 bits per heavy atom. The van der Waals surface area contributed by atoms with E-state index in [1.165, 1.54) is 0 Å². The van der Waals surface area contributed by atoms with E-state index < -0.39 is 11.9 Å². The van der Waals surface area contributed by atoms with E-state index in [4.69, 9.17) is 0 Å². The van der Waals surface area contributed by atoms with Crippen molar-refractivity contribution in [3.8, 4) is 0 Å². The Morgan fingerprint density at radius 1 is 0.579 bits per heavy atom. The Bertz CT molecular complexity index is 1060. The first-order valence-electron chi connectivity index (χ1n) is 14.2. The van der Waals surface area contributed by atoms with Crippen LogP contribution in [0.3, 0.4) is 0 Å². The maximum Gasteiger partial charge on any atom is 0.335 e. The molecule has 4 heteroatoms. The molecule has 0 spiro atoms. The van der Waals surface area contributed by atoms with E-state index in [1.54, 1.807) is 12.1 Å². The minimum absolute atomic E-state index is 0.175. The average Bonchev–Trinajstić information content (AvgIpc) is 2.93. The highest BCUT2D eigenvalue weighted by atomic mass is 16.4. The van der Waals surface area contributed by atoms with Gasteiger partial charge in [-0.3, -0.25) is 0 Å². The van der Waals surface area contributed by atoms with Crippen LogP contribution in [-0.4, -0.2) is 22.2 Å². The Hall–Kier alpha value is -3.40. The second-order valence-corrected chi connectivity index (χ2v) is 10.3. The van der Waals surface area contributed by atoms with Crippen LogP contribution in [0, 0.1) is 0 Å². The third-order valence-corrected chi connectivity index (χ3v) is 7.53. The van der Waals surface area contributed by atoms with Gasteiger partial charge < -0.3 is 10.2 Å². The van der Waals surface area contributed by atoms with Gasteiger partial charge in [0, 0.05) is 11.8 Å². The molecule has 0 saturated heterocycles. The highest BCUT2D eigenvalue weighted by Crippen LogP contribution is 2.39. The van der Waals surface area contributed by atoms with E-state index in [2.05, 4.69) is 13.8 Å². The molecule has 3 aromatic rings. The Labute approximate surface area is 227 Å². The molecule has 2 atom stereocenters. The van der Waals surface area contributed by atoms with Gasteiger partial charge in [0.2, 0.25) is 0 Å². The standard InChI is InChI=1S/C34H42O4/c1-3-5-7-15-21-27(25-17-11-9-12-18-25)29-23-32(34(37)38)30(24-31(29)33(35)36)28(22-16-8-6-4-2)26-19-13-10-14-20-26/h9-14,17-20,23-24,27-28H,3-8,15-16,21-22H2,1-2H3,(H,35,36)(H,37,38). The summed E-state index contributed by atoms with van der Waals surface area (Å²) in [4.78, 5) is 25.4. The monoisotopic (exact) mass is 514 g/mol. The molecule has 0 aliphatic rings. The van der Waals surface area contributed by atoms with Crippen LogP contribution in [0.2, 0.25) is 0 Å². The summed E-state index contributed by atoms with van der Waals surface area (Å²) in [6.45, 7) is 4.33. The first-order valence-corrected chi connectivity index (χ1v) is 14.2. The molecule has 2 unspecified atom stereocenters. The summed E-state index contributed by atoms with van der Waals surface area (Å²) in [7, 11) is 0. The van der Waals surface area contributed by atoms with Crippen molar-refractivity contribution >= 4 is 11.9 Å². The van der Waals surface area contributed by atoms with Crippen molar-refractivity contribution < 1.29 is 19.8 Å². The minimum atomic E-state index is -1.01. The maximum absolute atomic E-state index is 12.7. The molecule has 3 rings (SSSR count). The van der Waals surface area contributed by atoms with E-state index in [0.29, 0.717) is 11.1 Å². The summed E-state index contributed by atoms with van der Waals surface area (Å²) in [6.07, 6.45) is 10.1. The zero-order valence-electron chi connectivity index (χ0n) is 22.9. The number of carboxylic acid groups (broad SMARTS) is 2. The van der Waals surface area contributed by atoms with Crippen molar-refractivity contribution in [1.29, 1.82) is 0 Å². The van der Waals surface area contributed by atoms with E-state index in [-0.39, 0.29) is 23.0 Å². The van der Waals surface area contributed by atoms with Crippen molar-refractivity contribution in [3.05, 3.63) is 106 Å². The van der Waals surface area contributed by atoms with E-state index in [1.807, 2.05) is 60.7 Å². The molecular weight excluding hydrogens is 472 g/mol. The van der Waals surface area contributed by atoms with Crippen molar-refractivity contribution in [1.82, 2.24) is 0 Å². The SMILES string of the molecule is CCCCCCC(c1ccccc1)c1cc(C(=O)O)c(C(CCCCCC)c2ccccc2)cc1C(=O)O. The summed E-state index contributed by atoms with van der Waals surface area (Å²) in [5.41, 5.74) is 3.66. The van der Waals surface area contributed by atoms with Gasteiger partial charge in [0.05, 0.1) is 11.1 Å². The first kappa shape index (κ1) is 29.2. The van der Waals surface area contributed by atoms with E-state index >= 15 is 0 Å². The maximum atomic E-state index is 12.7. The van der Waals surface area contributed by atoms with Crippen LogP contribution in [0.15, 0.2) is 72.8 Å². The van der Waals surface area contributed by atoms with Crippen LogP contribution in [0.4, 0.5) is 0 Å². The van der Waals surface area contributed by atoms with Crippen LogP contribution in [0.5, 0.6) is 0 Å². The Balaban J connectivity index is 2.15. The Morgan fingerprint density at radius 3 is 1.26 bits per heavy atom. The summed E-state index contributed by atoms with van der Waals surface area (Å²) < 4.78 is 0. The van der Waals surface area contributed by atoms with E-state index in [0.717, 1.165) is 75.3 Å². The third kappa shape index (κ3) is 7.80. The van der Waals surface area contributed by atoms with Crippen molar-refractivity contribution in [3.63, 3.8) is 0 Å². The number of aromatic carboxylic acids is 2. The highest BCUT2D eigenvalue weighted by molar-refractivity contribution is 5.95. The first-order chi connectivity index (χ1) is 18.5. The van der Waals surface area contributed by atoms with Gasteiger partial charge in [-0.05, 0) is 47.2 Å². The smallest absolute Gasteiger partial charge is 0.335 e. The molecule has 0 heterocycles. The number of carboxylic acids is 2. The molecule has 0 aromatic heterocycles. The van der Waals surface area contributed by atoms with Gasteiger partial charge in [-0.25, -0.2) is 9.59 Å². The number of hydrogen-bond acceptors (Lipinski definition) is 2. The molecule has 2 N–H and O–H groups in total. The van der Waals surface area contributed by atoms with Crippen molar-refractivity contribution in [2.24, 2.45) is 0 Å². The van der Waals surface area contributed by atoms with Gasteiger partial charge in [0.15, 0.2) is 0 Å². The fourth-order valence-corrected chi connectivity index (χ4v) is 5.50. The van der Waals surface area contributed by atoms with Crippen LogP contribution in [0.25, 0.3) is 0 Å². The predicted molar refractivity (Wildman–Crippen MR) is 154 cm³/mol. The molecule has 4 nitrogen and oxygen atoms in total. The summed E-state index contributed by atoms with van der Waals surface area (Å²) in [5.74, 6) is -2.37. The fourth-order valence-electron chi connectivity index (χ4n) is 5.50. The van der Waals surface area contributed by atoms with Crippen LogP contribution < -0.4 is 0 Å². The topological polar surface area (TPSA) is 74.6 Å². The molecule has 202 valence electrons. The molecular formula is C34H42O4.